The fraction of sp³-hybridized carbons (Fsp3) is 0.417. The van der Waals surface area contributed by atoms with Crippen LogP contribution in [0.1, 0.15) is 29.6 Å². The average Bonchev–Trinajstić information content (AvgIpc) is 2.68. The highest BCUT2D eigenvalue weighted by Gasteiger charge is 2.27. The van der Waals surface area contributed by atoms with Crippen molar-refractivity contribution in [3.05, 3.63) is 33.3 Å². The quantitative estimate of drug-likeness (QED) is 0.766. The number of halogens is 3. The Morgan fingerprint density at radius 1 is 1.41 bits per heavy atom. The minimum absolute atomic E-state index is 0.104. The van der Waals surface area contributed by atoms with Gasteiger partial charge in [-0.25, -0.2) is 0 Å². The lowest BCUT2D eigenvalue weighted by atomic mass is 10.2. The third-order valence-electron chi connectivity index (χ3n) is 2.92. The van der Waals surface area contributed by atoms with Crippen LogP contribution in [0, 0.1) is 0 Å². The molecule has 0 spiro atoms. The van der Waals surface area contributed by atoms with E-state index in [9.17, 15) is 4.79 Å². The normalized spacial score (nSPS) is 23.7. The van der Waals surface area contributed by atoms with Crippen molar-refractivity contribution in [2.75, 3.05) is 0 Å². The lowest BCUT2D eigenvalue weighted by molar-refractivity contribution is 0.0939. The summed E-state index contributed by atoms with van der Waals surface area (Å²) in [4.78, 5) is 12.5. The van der Waals surface area contributed by atoms with Crippen molar-refractivity contribution >= 4 is 49.4 Å². The molecule has 1 amide bonds. The van der Waals surface area contributed by atoms with E-state index in [-0.39, 0.29) is 11.9 Å². The second-order valence-electron chi connectivity index (χ2n) is 4.15. The molecule has 92 valence electrons. The van der Waals surface area contributed by atoms with Gasteiger partial charge < -0.3 is 5.32 Å². The summed E-state index contributed by atoms with van der Waals surface area (Å²) in [5.74, 6) is -0.104. The summed E-state index contributed by atoms with van der Waals surface area (Å²) in [5.41, 5.74) is 0.521. The minimum atomic E-state index is -0.104. The second-order valence-corrected chi connectivity index (χ2v) is 6.65. The molecule has 2 nitrogen and oxygen atoms in total. The van der Waals surface area contributed by atoms with Crippen molar-refractivity contribution in [1.82, 2.24) is 5.32 Å². The van der Waals surface area contributed by atoms with E-state index in [1.807, 2.05) is 6.07 Å². The molecule has 0 radical (unpaired) electrons. The molecular weight excluding hydrogens is 369 g/mol. The van der Waals surface area contributed by atoms with Crippen molar-refractivity contribution in [2.45, 2.75) is 30.1 Å². The van der Waals surface area contributed by atoms with Gasteiger partial charge in [-0.15, -0.1) is 0 Å². The molecule has 1 aromatic rings. The van der Waals surface area contributed by atoms with Gasteiger partial charge in [0.2, 0.25) is 0 Å². The van der Waals surface area contributed by atoms with Gasteiger partial charge in [-0.3, -0.25) is 4.79 Å². The Morgan fingerprint density at radius 3 is 2.82 bits per heavy atom. The predicted octanol–water partition coefficient (Wildman–Crippen LogP) is 4.15. The molecular formula is C12H12Br2ClNO. The molecule has 1 aliphatic carbocycles. The Morgan fingerprint density at radius 2 is 2.18 bits per heavy atom. The van der Waals surface area contributed by atoms with Crippen molar-refractivity contribution in [1.29, 1.82) is 0 Å². The molecule has 2 rings (SSSR count). The number of carbonyl (C=O) groups is 1. The maximum Gasteiger partial charge on any atom is 0.253 e. The Bertz CT molecular complexity index is 439. The van der Waals surface area contributed by atoms with Crippen molar-refractivity contribution in [3.8, 4) is 0 Å². The molecule has 1 aromatic carbocycles. The van der Waals surface area contributed by atoms with E-state index in [1.165, 1.54) is 0 Å². The number of carbonyl (C=O) groups excluding carboxylic acids is 1. The van der Waals surface area contributed by atoms with E-state index in [2.05, 4.69) is 37.2 Å². The number of hydrogen-bond acceptors (Lipinski definition) is 1. The molecule has 2 unspecified atom stereocenters. The largest absolute Gasteiger partial charge is 0.348 e. The molecule has 1 saturated carbocycles. The van der Waals surface area contributed by atoms with Crippen molar-refractivity contribution in [3.63, 3.8) is 0 Å². The topological polar surface area (TPSA) is 29.1 Å². The first-order valence-corrected chi connectivity index (χ1v) is 7.56. The van der Waals surface area contributed by atoms with Gasteiger partial charge in [0.25, 0.3) is 5.91 Å². The van der Waals surface area contributed by atoms with E-state index in [0.717, 1.165) is 23.7 Å². The van der Waals surface area contributed by atoms with Gasteiger partial charge in [0.15, 0.2) is 0 Å². The standard InChI is InChI=1S/C12H12Br2ClNO/c13-7-4-5-10(15)8(6-7)12(17)16-11-3-1-2-9(11)14/h4-6,9,11H,1-3H2,(H,16,17). The Balaban J connectivity index is 2.11. The van der Waals surface area contributed by atoms with Crippen LogP contribution in [0.15, 0.2) is 22.7 Å². The summed E-state index contributed by atoms with van der Waals surface area (Å²) in [7, 11) is 0. The lowest BCUT2D eigenvalue weighted by Crippen LogP contribution is -2.37. The summed E-state index contributed by atoms with van der Waals surface area (Å²) in [5, 5.41) is 3.50. The molecule has 1 aliphatic rings. The monoisotopic (exact) mass is 379 g/mol. The smallest absolute Gasteiger partial charge is 0.253 e. The SMILES string of the molecule is O=C(NC1CCCC1Br)c1cc(Br)ccc1Cl. The Hall–Kier alpha value is -0.0600. The number of alkyl halides is 1. The number of hydrogen-bond donors (Lipinski definition) is 1. The van der Waals surface area contributed by atoms with Crippen LogP contribution in [0.25, 0.3) is 0 Å². The number of rotatable bonds is 2. The molecule has 0 aromatic heterocycles. The third kappa shape index (κ3) is 3.24. The lowest BCUT2D eigenvalue weighted by Gasteiger charge is -2.16. The third-order valence-corrected chi connectivity index (χ3v) is 4.84. The highest BCUT2D eigenvalue weighted by molar-refractivity contribution is 9.10. The van der Waals surface area contributed by atoms with Crippen LogP contribution < -0.4 is 5.32 Å². The molecule has 0 saturated heterocycles. The number of amides is 1. The van der Waals surface area contributed by atoms with E-state index >= 15 is 0 Å². The van der Waals surface area contributed by atoms with Gasteiger partial charge in [-0.2, -0.15) is 0 Å². The van der Waals surface area contributed by atoms with Crippen LogP contribution in [0.4, 0.5) is 0 Å². The molecule has 5 heteroatoms. The molecule has 17 heavy (non-hydrogen) atoms. The molecule has 2 atom stereocenters. The average molecular weight is 381 g/mol. The molecule has 0 heterocycles. The maximum absolute atomic E-state index is 12.1. The maximum atomic E-state index is 12.1. The number of benzene rings is 1. The van der Waals surface area contributed by atoms with E-state index < -0.39 is 0 Å². The van der Waals surface area contributed by atoms with Crippen molar-refractivity contribution < 1.29 is 4.79 Å². The highest BCUT2D eigenvalue weighted by atomic mass is 79.9. The van der Waals surface area contributed by atoms with Gasteiger partial charge in [0, 0.05) is 15.3 Å². The summed E-state index contributed by atoms with van der Waals surface area (Å²) < 4.78 is 0.855. The van der Waals surface area contributed by atoms with Crippen LogP contribution in [0.2, 0.25) is 5.02 Å². The highest BCUT2D eigenvalue weighted by Crippen LogP contribution is 2.27. The Labute approximate surface area is 122 Å². The van der Waals surface area contributed by atoms with Crippen LogP contribution >= 0.6 is 43.5 Å². The van der Waals surface area contributed by atoms with Crippen LogP contribution in [-0.2, 0) is 0 Å². The first-order chi connectivity index (χ1) is 8.08. The molecule has 1 fully saturated rings. The summed E-state index contributed by atoms with van der Waals surface area (Å²) in [6.45, 7) is 0. The van der Waals surface area contributed by atoms with Gasteiger partial charge in [0.1, 0.15) is 0 Å². The second kappa shape index (κ2) is 5.72. The predicted molar refractivity (Wildman–Crippen MR) is 77.0 cm³/mol. The Kier molecular flexibility index (Phi) is 4.50. The fourth-order valence-corrected chi connectivity index (χ4v) is 3.28. The minimum Gasteiger partial charge on any atom is -0.348 e. The zero-order valence-electron chi connectivity index (χ0n) is 9.05. The molecule has 0 bridgehead atoms. The van der Waals surface area contributed by atoms with Crippen molar-refractivity contribution in [2.24, 2.45) is 0 Å². The summed E-state index contributed by atoms with van der Waals surface area (Å²) >= 11 is 12.9. The first-order valence-electron chi connectivity index (χ1n) is 5.48. The van der Waals surface area contributed by atoms with Crippen LogP contribution in [0.3, 0.4) is 0 Å². The van der Waals surface area contributed by atoms with Gasteiger partial charge in [0.05, 0.1) is 10.6 Å². The molecule has 1 N–H and O–H groups in total. The zero-order chi connectivity index (χ0) is 12.4. The fourth-order valence-electron chi connectivity index (χ4n) is 2.00. The van der Waals surface area contributed by atoms with Gasteiger partial charge in [-0.05, 0) is 31.0 Å². The zero-order valence-corrected chi connectivity index (χ0v) is 13.0. The summed E-state index contributed by atoms with van der Waals surface area (Å²) in [6, 6.07) is 5.50. The van der Waals surface area contributed by atoms with Gasteiger partial charge >= 0.3 is 0 Å². The van der Waals surface area contributed by atoms with Gasteiger partial charge in [-0.1, -0.05) is 49.9 Å². The van der Waals surface area contributed by atoms with Crippen LogP contribution in [-0.4, -0.2) is 16.8 Å². The van der Waals surface area contributed by atoms with E-state index in [4.69, 9.17) is 11.6 Å². The van der Waals surface area contributed by atoms with E-state index in [1.54, 1.807) is 12.1 Å². The van der Waals surface area contributed by atoms with E-state index in [0.29, 0.717) is 15.4 Å². The number of nitrogens with one attached hydrogen (secondary N) is 1. The van der Waals surface area contributed by atoms with Crippen LogP contribution in [0.5, 0.6) is 0 Å². The summed E-state index contributed by atoms with van der Waals surface area (Å²) in [6.07, 6.45) is 3.28. The first kappa shape index (κ1) is 13.4. The molecule has 0 aliphatic heterocycles.